The van der Waals surface area contributed by atoms with Gasteiger partial charge in [0, 0.05) is 57.5 Å². The molecule has 0 N–H and O–H groups in total. The number of anilines is 1. The summed E-state index contributed by atoms with van der Waals surface area (Å²) in [6.07, 6.45) is 4.92. The van der Waals surface area contributed by atoms with Crippen molar-refractivity contribution in [1.29, 1.82) is 0 Å². The van der Waals surface area contributed by atoms with Crippen molar-refractivity contribution >= 4 is 17.8 Å². The summed E-state index contributed by atoms with van der Waals surface area (Å²) < 4.78 is 11.0. The van der Waals surface area contributed by atoms with Crippen LogP contribution < -0.4 is 4.90 Å². The van der Waals surface area contributed by atoms with E-state index in [9.17, 15) is 9.59 Å². The maximum absolute atomic E-state index is 12.3. The molecule has 4 rings (SSSR count). The summed E-state index contributed by atoms with van der Waals surface area (Å²) in [4.78, 5) is 38.5. The van der Waals surface area contributed by atoms with Crippen LogP contribution in [0, 0.1) is 0 Å². The van der Waals surface area contributed by atoms with Crippen molar-refractivity contribution in [1.82, 2.24) is 19.8 Å². The first kappa shape index (κ1) is 18.1. The van der Waals surface area contributed by atoms with E-state index in [4.69, 9.17) is 9.47 Å². The lowest BCUT2D eigenvalue weighted by Gasteiger charge is -2.31. The van der Waals surface area contributed by atoms with Gasteiger partial charge in [-0.3, -0.25) is 14.5 Å². The van der Waals surface area contributed by atoms with Crippen LogP contribution >= 0.6 is 0 Å². The summed E-state index contributed by atoms with van der Waals surface area (Å²) in [5.41, 5.74) is 0.557. The molecule has 0 bridgehead atoms. The second-order valence-corrected chi connectivity index (χ2v) is 7.23. The molecule has 0 unspecified atom stereocenters. The Kier molecular flexibility index (Phi) is 4.73. The van der Waals surface area contributed by atoms with Gasteiger partial charge < -0.3 is 19.3 Å². The lowest BCUT2D eigenvalue weighted by Crippen LogP contribution is -2.47. The standard InChI is InChI=1S/C18H25N5O4/c1-3-26-16(25)12-21(2)17-19-9-13(10-20-17)11-22-5-4-18-14(22)8-15(24)23(18)6-7-27-18/h9-10,14H,3-8,11-12H2,1-2H3/t14-,18+/m1/s1. The van der Waals surface area contributed by atoms with Crippen LogP contribution in [0.25, 0.3) is 0 Å². The molecule has 1 aromatic rings. The van der Waals surface area contributed by atoms with E-state index >= 15 is 0 Å². The minimum atomic E-state index is -0.419. The first-order valence-electron chi connectivity index (χ1n) is 9.39. The zero-order valence-electron chi connectivity index (χ0n) is 15.8. The summed E-state index contributed by atoms with van der Waals surface area (Å²) in [6.45, 7) is 5.14. The molecule has 3 aliphatic rings. The third-order valence-electron chi connectivity index (χ3n) is 5.60. The van der Waals surface area contributed by atoms with Crippen molar-refractivity contribution in [2.45, 2.75) is 38.1 Å². The number of aromatic nitrogens is 2. The van der Waals surface area contributed by atoms with Crippen LogP contribution in [-0.2, 0) is 25.6 Å². The average molecular weight is 375 g/mol. The Bertz CT molecular complexity index is 727. The summed E-state index contributed by atoms with van der Waals surface area (Å²) in [7, 11) is 1.76. The van der Waals surface area contributed by atoms with Crippen molar-refractivity contribution in [3.05, 3.63) is 18.0 Å². The first-order chi connectivity index (χ1) is 13.0. The normalized spacial score (nSPS) is 27.0. The van der Waals surface area contributed by atoms with Gasteiger partial charge in [0.15, 0.2) is 5.72 Å². The molecule has 0 radical (unpaired) electrons. The predicted octanol–water partition coefficient (Wildman–Crippen LogP) is 0.00900. The van der Waals surface area contributed by atoms with Gasteiger partial charge in [-0.15, -0.1) is 0 Å². The lowest BCUT2D eigenvalue weighted by molar-refractivity contribution is -0.141. The number of esters is 1. The smallest absolute Gasteiger partial charge is 0.325 e. The number of carbonyl (C=O) groups is 2. The minimum Gasteiger partial charge on any atom is -0.465 e. The molecular weight excluding hydrogens is 350 g/mol. The highest BCUT2D eigenvalue weighted by molar-refractivity contribution is 5.81. The fourth-order valence-corrected chi connectivity index (χ4v) is 4.40. The topological polar surface area (TPSA) is 88.1 Å². The largest absolute Gasteiger partial charge is 0.465 e. The van der Waals surface area contributed by atoms with Gasteiger partial charge >= 0.3 is 5.97 Å². The van der Waals surface area contributed by atoms with E-state index in [0.717, 1.165) is 18.5 Å². The van der Waals surface area contributed by atoms with Gasteiger partial charge in [0.2, 0.25) is 11.9 Å². The van der Waals surface area contributed by atoms with Crippen molar-refractivity contribution in [3.8, 4) is 0 Å². The van der Waals surface area contributed by atoms with Gasteiger partial charge in [-0.2, -0.15) is 0 Å². The Morgan fingerprint density at radius 3 is 2.93 bits per heavy atom. The summed E-state index contributed by atoms with van der Waals surface area (Å²) in [6, 6.07) is 0.0960. The van der Waals surface area contributed by atoms with Crippen LogP contribution in [-0.4, -0.2) is 83.3 Å². The highest BCUT2D eigenvalue weighted by atomic mass is 16.5. The molecule has 1 amide bonds. The van der Waals surface area contributed by atoms with Crippen LogP contribution in [0.4, 0.5) is 5.95 Å². The minimum absolute atomic E-state index is 0.0960. The zero-order chi connectivity index (χ0) is 19.0. The fraction of sp³-hybridized carbons (Fsp3) is 0.667. The van der Waals surface area contributed by atoms with Crippen molar-refractivity contribution < 1.29 is 19.1 Å². The summed E-state index contributed by atoms with van der Waals surface area (Å²) in [5, 5.41) is 0. The van der Waals surface area contributed by atoms with Gasteiger partial charge in [-0.05, 0) is 6.92 Å². The van der Waals surface area contributed by atoms with Crippen molar-refractivity contribution in [3.63, 3.8) is 0 Å². The predicted molar refractivity (Wildman–Crippen MR) is 95.8 cm³/mol. The Labute approximate surface area is 158 Å². The Hall–Kier alpha value is -2.26. The van der Waals surface area contributed by atoms with Crippen LogP contribution in [0.2, 0.25) is 0 Å². The lowest BCUT2D eigenvalue weighted by atomic mass is 10.1. The highest BCUT2D eigenvalue weighted by Gasteiger charge is 2.61. The number of likely N-dealkylation sites (N-methyl/N-ethyl adjacent to an activating group) is 1. The molecule has 1 spiro atoms. The average Bonchev–Trinajstić information content (AvgIpc) is 3.28. The monoisotopic (exact) mass is 375 g/mol. The number of ether oxygens (including phenoxy) is 2. The maximum atomic E-state index is 12.3. The number of carbonyl (C=O) groups excluding carboxylic acids is 2. The molecule has 0 aromatic carbocycles. The Morgan fingerprint density at radius 2 is 2.19 bits per heavy atom. The molecule has 3 aliphatic heterocycles. The van der Waals surface area contributed by atoms with E-state index in [0.29, 0.717) is 38.7 Å². The molecule has 27 heavy (non-hydrogen) atoms. The molecule has 1 aromatic heterocycles. The quantitative estimate of drug-likeness (QED) is 0.643. The molecule has 3 fully saturated rings. The number of hydrogen-bond acceptors (Lipinski definition) is 8. The number of nitrogens with zero attached hydrogens (tertiary/aromatic N) is 5. The summed E-state index contributed by atoms with van der Waals surface area (Å²) >= 11 is 0. The van der Waals surface area contributed by atoms with Gasteiger partial charge in [0.05, 0.1) is 19.3 Å². The molecule has 9 heteroatoms. The van der Waals surface area contributed by atoms with Gasteiger partial charge in [0.1, 0.15) is 6.54 Å². The molecule has 146 valence electrons. The zero-order valence-corrected chi connectivity index (χ0v) is 15.8. The van der Waals surface area contributed by atoms with Gasteiger partial charge in [0.25, 0.3) is 0 Å². The van der Waals surface area contributed by atoms with Crippen LogP contribution in [0.3, 0.4) is 0 Å². The van der Waals surface area contributed by atoms with Crippen LogP contribution in [0.15, 0.2) is 12.4 Å². The SMILES string of the molecule is CCOC(=O)CN(C)c1ncc(CN2CC[C@@]34OCCN3C(=O)C[C@@H]24)cn1. The van der Waals surface area contributed by atoms with E-state index in [-0.39, 0.29) is 24.5 Å². The van der Waals surface area contributed by atoms with Crippen LogP contribution in [0.1, 0.15) is 25.3 Å². The number of hydrogen-bond donors (Lipinski definition) is 0. The molecule has 2 atom stereocenters. The molecular formula is C18H25N5O4. The van der Waals surface area contributed by atoms with Crippen molar-refractivity contribution in [2.24, 2.45) is 0 Å². The maximum Gasteiger partial charge on any atom is 0.325 e. The van der Waals surface area contributed by atoms with E-state index in [1.165, 1.54) is 0 Å². The second-order valence-electron chi connectivity index (χ2n) is 7.23. The van der Waals surface area contributed by atoms with Crippen LogP contribution in [0.5, 0.6) is 0 Å². The Morgan fingerprint density at radius 1 is 1.41 bits per heavy atom. The number of likely N-dealkylation sites (tertiary alicyclic amines) is 1. The Balaban J connectivity index is 1.39. The van der Waals surface area contributed by atoms with Gasteiger partial charge in [-0.25, -0.2) is 9.97 Å². The second kappa shape index (κ2) is 7.05. The molecule has 0 saturated carbocycles. The third-order valence-corrected chi connectivity index (χ3v) is 5.60. The third kappa shape index (κ3) is 3.14. The first-order valence-corrected chi connectivity index (χ1v) is 9.39. The molecule has 4 heterocycles. The number of amides is 1. The van der Waals surface area contributed by atoms with Crippen molar-refractivity contribution in [2.75, 3.05) is 44.8 Å². The number of rotatable bonds is 6. The van der Waals surface area contributed by atoms with E-state index in [1.807, 2.05) is 4.90 Å². The highest BCUT2D eigenvalue weighted by Crippen LogP contribution is 2.45. The summed E-state index contributed by atoms with van der Waals surface area (Å²) in [5.74, 6) is 0.363. The van der Waals surface area contributed by atoms with E-state index in [2.05, 4.69) is 14.9 Å². The fourth-order valence-electron chi connectivity index (χ4n) is 4.40. The van der Waals surface area contributed by atoms with E-state index < -0.39 is 5.72 Å². The van der Waals surface area contributed by atoms with E-state index in [1.54, 1.807) is 31.3 Å². The molecule has 3 saturated heterocycles. The van der Waals surface area contributed by atoms with Gasteiger partial charge in [-0.1, -0.05) is 0 Å². The molecule has 0 aliphatic carbocycles. The molecule has 9 nitrogen and oxygen atoms in total.